The Morgan fingerprint density at radius 3 is 2.80 bits per heavy atom. The Kier molecular flexibility index (Phi) is 9.91. The first-order chi connectivity index (χ1) is 11.6. The molecule has 0 saturated carbocycles. The lowest BCUT2D eigenvalue weighted by molar-refractivity contribution is 0.181. The van der Waals surface area contributed by atoms with Crippen LogP contribution in [0.25, 0.3) is 0 Å². The van der Waals surface area contributed by atoms with Gasteiger partial charge in [0.25, 0.3) is 0 Å². The van der Waals surface area contributed by atoms with Gasteiger partial charge in [0.1, 0.15) is 5.82 Å². The molecule has 2 rings (SSSR count). The lowest BCUT2D eigenvalue weighted by atomic mass is 10.1. The van der Waals surface area contributed by atoms with E-state index in [0.29, 0.717) is 18.1 Å². The van der Waals surface area contributed by atoms with Crippen molar-refractivity contribution < 1.29 is 9.13 Å². The molecule has 0 saturated heterocycles. The molecule has 0 fully saturated rings. The minimum atomic E-state index is -0.248. The van der Waals surface area contributed by atoms with Gasteiger partial charge in [-0.1, -0.05) is 6.07 Å². The zero-order valence-corrected chi connectivity index (χ0v) is 17.8. The molecule has 1 aromatic carbocycles. The van der Waals surface area contributed by atoms with Crippen molar-refractivity contribution in [3.05, 3.63) is 51.2 Å². The van der Waals surface area contributed by atoms with Gasteiger partial charge in [0.05, 0.1) is 11.6 Å². The van der Waals surface area contributed by atoms with Crippen molar-refractivity contribution in [2.75, 3.05) is 20.7 Å². The van der Waals surface area contributed by atoms with Crippen LogP contribution in [0.5, 0.6) is 0 Å². The third kappa shape index (κ3) is 7.25. The summed E-state index contributed by atoms with van der Waals surface area (Å²) in [5.74, 6) is 0.461. The summed E-state index contributed by atoms with van der Waals surface area (Å²) in [7, 11) is 3.28. The van der Waals surface area contributed by atoms with Gasteiger partial charge in [0, 0.05) is 50.3 Å². The maximum atomic E-state index is 13.6. The van der Waals surface area contributed by atoms with Crippen LogP contribution in [0.3, 0.4) is 0 Å². The smallest absolute Gasteiger partial charge is 0.191 e. The van der Waals surface area contributed by atoms with Crippen molar-refractivity contribution in [2.24, 2.45) is 4.99 Å². The first-order valence-corrected chi connectivity index (χ1v) is 8.56. The van der Waals surface area contributed by atoms with Crippen molar-refractivity contribution in [2.45, 2.75) is 26.5 Å². The summed E-state index contributed by atoms with van der Waals surface area (Å²) >= 11 is 1.71. The van der Waals surface area contributed by atoms with Gasteiger partial charge >= 0.3 is 0 Å². The first kappa shape index (κ1) is 21.8. The molecular formula is C17H24FIN4OS. The van der Waals surface area contributed by atoms with E-state index in [4.69, 9.17) is 4.74 Å². The average molecular weight is 478 g/mol. The Labute approximate surface area is 169 Å². The third-order valence-corrected chi connectivity index (χ3v) is 4.37. The highest BCUT2D eigenvalue weighted by Crippen LogP contribution is 2.12. The van der Waals surface area contributed by atoms with Gasteiger partial charge in [-0.3, -0.25) is 4.99 Å². The van der Waals surface area contributed by atoms with Crippen molar-refractivity contribution >= 4 is 41.3 Å². The van der Waals surface area contributed by atoms with Crippen LogP contribution >= 0.6 is 35.3 Å². The van der Waals surface area contributed by atoms with E-state index in [0.717, 1.165) is 23.5 Å². The highest BCUT2D eigenvalue weighted by atomic mass is 127. The van der Waals surface area contributed by atoms with Crippen LogP contribution in [0.4, 0.5) is 4.39 Å². The van der Waals surface area contributed by atoms with Crippen LogP contribution in [-0.4, -0.2) is 31.6 Å². The Hall–Kier alpha value is -1.26. The second kappa shape index (κ2) is 11.4. The molecule has 0 amide bonds. The summed E-state index contributed by atoms with van der Waals surface area (Å²) in [5, 5.41) is 7.59. The van der Waals surface area contributed by atoms with E-state index >= 15 is 0 Å². The number of ether oxygens (including phenoxy) is 1. The fourth-order valence-corrected chi connectivity index (χ4v) is 3.00. The van der Waals surface area contributed by atoms with Gasteiger partial charge in [0.2, 0.25) is 0 Å². The molecule has 138 valence electrons. The zero-order chi connectivity index (χ0) is 17.4. The number of hydrogen-bond donors (Lipinski definition) is 2. The van der Waals surface area contributed by atoms with Gasteiger partial charge in [-0.15, -0.1) is 35.3 Å². The van der Waals surface area contributed by atoms with Gasteiger partial charge in [-0.2, -0.15) is 0 Å². The molecule has 0 bridgehead atoms. The van der Waals surface area contributed by atoms with E-state index in [9.17, 15) is 4.39 Å². The Bertz CT molecular complexity index is 693. The molecule has 8 heteroatoms. The maximum Gasteiger partial charge on any atom is 0.191 e. The van der Waals surface area contributed by atoms with Gasteiger partial charge in [-0.05, 0) is 24.6 Å². The van der Waals surface area contributed by atoms with Crippen LogP contribution < -0.4 is 10.6 Å². The number of hydrogen-bond acceptors (Lipinski definition) is 4. The highest BCUT2D eigenvalue weighted by Gasteiger charge is 2.05. The number of aromatic nitrogens is 1. The van der Waals surface area contributed by atoms with Crippen molar-refractivity contribution in [1.82, 2.24) is 15.6 Å². The highest BCUT2D eigenvalue weighted by molar-refractivity contribution is 14.0. The van der Waals surface area contributed by atoms with E-state index in [2.05, 4.69) is 27.5 Å². The fraction of sp³-hybridized carbons (Fsp3) is 0.412. The standard InChI is InChI=1S/C17H23FN4OS.HI/c1-12-9-21-16(24-12)6-7-20-17(19-2)22-10-13-4-5-15(18)14(8-13)11-23-3;/h4-5,8-9H,6-7,10-11H2,1-3H3,(H2,19,20,22);1H. The Balaban J connectivity index is 0.00000312. The lowest BCUT2D eigenvalue weighted by Crippen LogP contribution is -2.37. The van der Waals surface area contributed by atoms with Crippen LogP contribution in [0, 0.1) is 12.7 Å². The number of guanidine groups is 1. The first-order valence-electron chi connectivity index (χ1n) is 7.74. The predicted molar refractivity (Wildman–Crippen MR) is 111 cm³/mol. The second-order valence-corrected chi connectivity index (χ2v) is 6.65. The van der Waals surface area contributed by atoms with Crippen molar-refractivity contribution in [1.29, 1.82) is 0 Å². The molecule has 5 nitrogen and oxygen atoms in total. The molecule has 0 aliphatic heterocycles. The summed E-state index contributed by atoms with van der Waals surface area (Å²) in [4.78, 5) is 9.75. The molecular weight excluding hydrogens is 454 g/mol. The number of methoxy groups -OCH3 is 1. The number of aryl methyl sites for hydroxylation is 1. The maximum absolute atomic E-state index is 13.6. The third-order valence-electron chi connectivity index (χ3n) is 3.39. The van der Waals surface area contributed by atoms with Crippen LogP contribution in [0.15, 0.2) is 29.4 Å². The SMILES string of the molecule is CN=C(NCCc1ncc(C)s1)NCc1ccc(F)c(COC)c1.I. The quantitative estimate of drug-likeness (QED) is 0.365. The van der Waals surface area contributed by atoms with Crippen molar-refractivity contribution in [3.63, 3.8) is 0 Å². The van der Waals surface area contributed by atoms with E-state index in [1.165, 1.54) is 10.9 Å². The summed E-state index contributed by atoms with van der Waals surface area (Å²) in [6, 6.07) is 5.02. The van der Waals surface area contributed by atoms with Crippen LogP contribution in [0.2, 0.25) is 0 Å². The zero-order valence-electron chi connectivity index (χ0n) is 14.6. The number of benzene rings is 1. The minimum absolute atomic E-state index is 0. The van der Waals surface area contributed by atoms with E-state index in [-0.39, 0.29) is 36.4 Å². The average Bonchev–Trinajstić information content (AvgIpc) is 2.99. The minimum Gasteiger partial charge on any atom is -0.380 e. The number of rotatable bonds is 7. The summed E-state index contributed by atoms with van der Waals surface area (Å²) in [5.41, 5.74) is 1.53. The molecule has 2 N–H and O–H groups in total. The number of halogens is 2. The molecule has 0 aliphatic rings. The molecule has 1 aromatic heterocycles. The Morgan fingerprint density at radius 1 is 1.36 bits per heavy atom. The summed E-state index contributed by atoms with van der Waals surface area (Å²) in [6.45, 7) is 3.63. The summed E-state index contributed by atoms with van der Waals surface area (Å²) in [6.07, 6.45) is 2.74. The second-order valence-electron chi connectivity index (χ2n) is 5.33. The number of aliphatic imine (C=N–C) groups is 1. The topological polar surface area (TPSA) is 58.5 Å². The van der Waals surface area contributed by atoms with E-state index in [1.54, 1.807) is 37.6 Å². The predicted octanol–water partition coefficient (Wildman–Crippen LogP) is 3.26. The van der Waals surface area contributed by atoms with E-state index < -0.39 is 0 Å². The fourth-order valence-electron chi connectivity index (χ4n) is 2.22. The number of thiazole rings is 1. The van der Waals surface area contributed by atoms with Crippen LogP contribution in [0.1, 0.15) is 21.0 Å². The molecule has 25 heavy (non-hydrogen) atoms. The normalized spacial score (nSPS) is 11.1. The van der Waals surface area contributed by atoms with E-state index in [1.807, 2.05) is 6.20 Å². The largest absolute Gasteiger partial charge is 0.380 e. The molecule has 0 aliphatic carbocycles. The number of nitrogens with zero attached hydrogens (tertiary/aromatic N) is 2. The lowest BCUT2D eigenvalue weighted by Gasteiger charge is -2.12. The van der Waals surface area contributed by atoms with Crippen LogP contribution in [-0.2, 0) is 24.3 Å². The van der Waals surface area contributed by atoms with Crippen molar-refractivity contribution in [3.8, 4) is 0 Å². The molecule has 0 spiro atoms. The number of nitrogens with one attached hydrogen (secondary N) is 2. The molecule has 0 radical (unpaired) electrons. The molecule has 0 atom stereocenters. The van der Waals surface area contributed by atoms with Gasteiger partial charge in [-0.25, -0.2) is 9.37 Å². The monoisotopic (exact) mass is 478 g/mol. The molecule has 0 unspecified atom stereocenters. The molecule has 2 aromatic rings. The molecule has 1 heterocycles. The summed E-state index contributed by atoms with van der Waals surface area (Å²) < 4.78 is 18.6. The van der Waals surface area contributed by atoms with Gasteiger partial charge < -0.3 is 15.4 Å². The van der Waals surface area contributed by atoms with Gasteiger partial charge in [0.15, 0.2) is 5.96 Å². The Morgan fingerprint density at radius 2 is 2.16 bits per heavy atom.